The van der Waals surface area contributed by atoms with E-state index in [0.717, 1.165) is 45.2 Å². The first-order valence-electron chi connectivity index (χ1n) is 12.0. The first-order chi connectivity index (χ1) is 13.3. The van der Waals surface area contributed by atoms with Crippen molar-refractivity contribution in [2.75, 3.05) is 26.3 Å². The monoisotopic (exact) mass is 424 g/mol. The van der Waals surface area contributed by atoms with Crippen LogP contribution in [0, 0.1) is 6.42 Å². The summed E-state index contributed by atoms with van der Waals surface area (Å²) < 4.78 is 0. The van der Waals surface area contributed by atoms with Gasteiger partial charge in [-0.1, -0.05) is 97.3 Å². The molecule has 0 spiro atoms. The Morgan fingerprint density at radius 2 is 1.11 bits per heavy atom. The van der Waals surface area contributed by atoms with E-state index in [1.807, 2.05) is 0 Å². The van der Waals surface area contributed by atoms with Crippen molar-refractivity contribution in [2.45, 2.75) is 123 Å². The third kappa shape index (κ3) is 38.2. The maximum Gasteiger partial charge on any atom is 1.00 e. The van der Waals surface area contributed by atoms with E-state index in [1.54, 1.807) is 0 Å². The van der Waals surface area contributed by atoms with Crippen LogP contribution in [-0.4, -0.2) is 31.4 Å². The quantitative estimate of drug-likeness (QED) is 0.169. The number of aliphatic hydroxyl groups is 1. The predicted molar refractivity (Wildman–Crippen MR) is 119 cm³/mol. The molecule has 0 saturated carbocycles. The second-order valence-electron chi connectivity index (χ2n) is 7.64. The molecular formula is C24H51KNO2-. The fraction of sp³-hybridized carbons (Fsp3) is 0.958. The molecule has 4 heteroatoms. The van der Waals surface area contributed by atoms with Crippen LogP contribution < -0.4 is 61.8 Å². The van der Waals surface area contributed by atoms with E-state index in [0.29, 0.717) is 0 Å². The van der Waals surface area contributed by atoms with Crippen molar-refractivity contribution in [3.63, 3.8) is 0 Å². The van der Waals surface area contributed by atoms with Crippen LogP contribution in [0.3, 0.4) is 0 Å². The number of unbranched alkanes of at least 4 members (excludes halogenated alkanes) is 15. The molecule has 166 valence electrons. The van der Waals surface area contributed by atoms with Gasteiger partial charge in [0.05, 0.1) is 0 Å². The molecule has 0 saturated heterocycles. The summed E-state index contributed by atoms with van der Waals surface area (Å²) in [5.74, 6) is 0. The SMILES string of the molecule is CCCCCC[CH-]CCCCCCCC.[K+].[O-]CCCCCCNCCCO. The predicted octanol–water partition coefficient (Wildman–Crippen LogP) is 2.79. The van der Waals surface area contributed by atoms with Crippen LogP contribution in [-0.2, 0) is 0 Å². The molecule has 0 aromatic rings. The van der Waals surface area contributed by atoms with E-state index in [2.05, 4.69) is 25.6 Å². The molecule has 0 aliphatic rings. The number of hydrogen-bond donors (Lipinski definition) is 2. The van der Waals surface area contributed by atoms with Crippen molar-refractivity contribution in [2.24, 2.45) is 0 Å². The van der Waals surface area contributed by atoms with Gasteiger partial charge in [-0.3, -0.25) is 0 Å². The van der Waals surface area contributed by atoms with Gasteiger partial charge in [0.25, 0.3) is 0 Å². The minimum atomic E-state index is 0. The first kappa shape index (κ1) is 34.1. The minimum absolute atomic E-state index is 0. The Hall–Kier alpha value is 1.52. The van der Waals surface area contributed by atoms with Gasteiger partial charge in [-0.15, -0.1) is 6.61 Å². The largest absolute Gasteiger partial charge is 1.00 e. The van der Waals surface area contributed by atoms with Crippen molar-refractivity contribution in [1.82, 2.24) is 5.32 Å². The molecule has 0 fully saturated rings. The Bertz CT molecular complexity index is 209. The van der Waals surface area contributed by atoms with Crippen molar-refractivity contribution in [3.05, 3.63) is 6.42 Å². The topological polar surface area (TPSA) is 55.3 Å². The van der Waals surface area contributed by atoms with Crippen LogP contribution in [0.1, 0.15) is 123 Å². The van der Waals surface area contributed by atoms with E-state index in [-0.39, 0.29) is 64.6 Å². The van der Waals surface area contributed by atoms with Gasteiger partial charge in [-0.25, -0.2) is 0 Å². The molecule has 0 amide bonds. The van der Waals surface area contributed by atoms with E-state index < -0.39 is 0 Å². The Kier molecular flexibility index (Phi) is 43.8. The van der Waals surface area contributed by atoms with Crippen LogP contribution in [0.4, 0.5) is 0 Å². The molecule has 0 heterocycles. The average molecular weight is 425 g/mol. The molecule has 0 radical (unpaired) electrons. The maximum absolute atomic E-state index is 10.1. The molecule has 28 heavy (non-hydrogen) atoms. The second-order valence-corrected chi connectivity index (χ2v) is 7.64. The number of rotatable bonds is 21. The van der Waals surface area contributed by atoms with Crippen molar-refractivity contribution in [3.8, 4) is 0 Å². The zero-order valence-electron chi connectivity index (χ0n) is 19.8. The summed E-state index contributed by atoms with van der Waals surface area (Å²) in [4.78, 5) is 0. The van der Waals surface area contributed by atoms with Gasteiger partial charge >= 0.3 is 51.4 Å². The van der Waals surface area contributed by atoms with Crippen LogP contribution in [0.25, 0.3) is 0 Å². The minimum Gasteiger partial charge on any atom is -0.854 e. The third-order valence-electron chi connectivity index (χ3n) is 4.78. The smallest absolute Gasteiger partial charge is 0.854 e. The van der Waals surface area contributed by atoms with E-state index >= 15 is 0 Å². The van der Waals surface area contributed by atoms with E-state index in [1.165, 1.54) is 77.0 Å². The molecule has 0 aliphatic carbocycles. The van der Waals surface area contributed by atoms with Crippen LogP contribution in [0.2, 0.25) is 0 Å². The number of aliphatic hydroxyl groups excluding tert-OH is 1. The summed E-state index contributed by atoms with van der Waals surface area (Å²) in [6.45, 7) is 6.81. The number of hydrogen-bond acceptors (Lipinski definition) is 3. The van der Waals surface area contributed by atoms with E-state index in [4.69, 9.17) is 5.11 Å². The van der Waals surface area contributed by atoms with Gasteiger partial charge in [0.2, 0.25) is 0 Å². The Balaban J connectivity index is -0.000000441. The third-order valence-corrected chi connectivity index (χ3v) is 4.78. The molecule has 0 aliphatic heterocycles. The Morgan fingerprint density at radius 3 is 1.68 bits per heavy atom. The summed E-state index contributed by atoms with van der Waals surface area (Å²) in [7, 11) is 0. The van der Waals surface area contributed by atoms with Gasteiger partial charge in [0.15, 0.2) is 0 Å². The molecule has 0 aromatic carbocycles. The van der Waals surface area contributed by atoms with Gasteiger partial charge in [-0.2, -0.15) is 12.8 Å². The zero-order valence-corrected chi connectivity index (χ0v) is 22.9. The van der Waals surface area contributed by atoms with Crippen molar-refractivity contribution in [1.29, 1.82) is 0 Å². The molecule has 2 N–H and O–H groups in total. The molecule has 0 bridgehead atoms. The van der Waals surface area contributed by atoms with Crippen LogP contribution in [0.5, 0.6) is 0 Å². The van der Waals surface area contributed by atoms with Gasteiger partial charge in [-0.05, 0) is 25.9 Å². The summed E-state index contributed by atoms with van der Waals surface area (Å²) in [5.41, 5.74) is 0. The van der Waals surface area contributed by atoms with Gasteiger partial charge < -0.3 is 22.0 Å². The summed E-state index contributed by atoms with van der Waals surface area (Å²) >= 11 is 0. The Morgan fingerprint density at radius 1 is 0.643 bits per heavy atom. The van der Waals surface area contributed by atoms with Crippen LogP contribution >= 0.6 is 0 Å². The molecule has 0 aromatic heterocycles. The molecule has 0 unspecified atom stereocenters. The molecule has 0 rings (SSSR count). The standard InChI is InChI=1S/C15H31.C9H20NO2.K/c1-3-5-7-9-11-13-15-14-12-10-8-6-4-2;11-8-4-2-1-3-6-10-7-5-9-12;/h13H,3-12,14-15H2,1-2H3;10,12H,1-9H2;/q2*-1;+1. The van der Waals surface area contributed by atoms with Gasteiger partial charge in [0.1, 0.15) is 0 Å². The molecule has 3 nitrogen and oxygen atoms in total. The van der Waals surface area contributed by atoms with Crippen LogP contribution in [0.15, 0.2) is 0 Å². The normalized spacial score (nSPS) is 10.3. The number of nitrogens with one attached hydrogen (secondary N) is 1. The molecule has 0 atom stereocenters. The fourth-order valence-electron chi connectivity index (χ4n) is 2.96. The zero-order chi connectivity index (χ0) is 20.3. The second kappa shape index (κ2) is 35.9. The van der Waals surface area contributed by atoms with Gasteiger partial charge in [0, 0.05) is 6.61 Å². The van der Waals surface area contributed by atoms with Crippen molar-refractivity contribution >= 4 is 0 Å². The average Bonchev–Trinajstić information content (AvgIpc) is 2.69. The summed E-state index contributed by atoms with van der Waals surface area (Å²) in [5, 5.41) is 21.7. The fourth-order valence-corrected chi connectivity index (χ4v) is 2.96. The Labute approximate surface area is 220 Å². The van der Waals surface area contributed by atoms with Crippen molar-refractivity contribution < 1.29 is 61.6 Å². The maximum atomic E-state index is 10.1. The molecular weight excluding hydrogens is 373 g/mol. The summed E-state index contributed by atoms with van der Waals surface area (Å²) in [6, 6.07) is 0. The van der Waals surface area contributed by atoms with E-state index in [9.17, 15) is 5.11 Å². The summed E-state index contributed by atoms with van der Waals surface area (Å²) in [6.07, 6.45) is 24.4. The first-order valence-corrected chi connectivity index (χ1v) is 12.0.